The van der Waals surface area contributed by atoms with E-state index in [9.17, 15) is 4.79 Å². The Kier molecular flexibility index (Phi) is 7.04. The lowest BCUT2D eigenvalue weighted by molar-refractivity contribution is -0.117. The van der Waals surface area contributed by atoms with Crippen molar-refractivity contribution in [1.29, 1.82) is 0 Å². The minimum absolute atomic E-state index is 0.0638. The van der Waals surface area contributed by atoms with Crippen LogP contribution >= 0.6 is 11.6 Å². The average molecular weight is 385 g/mol. The van der Waals surface area contributed by atoms with Crippen LogP contribution < -0.4 is 5.32 Å². The molecule has 1 saturated heterocycles. The molecule has 3 rings (SSSR count). The Morgan fingerprint density at radius 2 is 1.81 bits per heavy atom. The van der Waals surface area contributed by atoms with Gasteiger partial charge in [0.25, 0.3) is 0 Å². The van der Waals surface area contributed by atoms with Crippen LogP contribution in [0.25, 0.3) is 6.08 Å². The molecule has 0 saturated carbocycles. The van der Waals surface area contributed by atoms with Gasteiger partial charge in [-0.15, -0.1) is 0 Å². The summed E-state index contributed by atoms with van der Waals surface area (Å²) in [5.74, 6) is -0.108. The highest BCUT2D eigenvalue weighted by Gasteiger charge is 2.19. The van der Waals surface area contributed by atoms with Crippen LogP contribution in [0.4, 0.5) is 0 Å². The van der Waals surface area contributed by atoms with Crippen LogP contribution in [0.2, 0.25) is 5.02 Å². The molecule has 0 aliphatic carbocycles. The Bertz CT molecular complexity index is 766. The van der Waals surface area contributed by atoms with E-state index in [1.54, 1.807) is 12.2 Å². The van der Waals surface area contributed by atoms with E-state index >= 15 is 0 Å². The first-order chi connectivity index (χ1) is 13.1. The monoisotopic (exact) mass is 384 g/mol. The number of carbonyl (C=O) groups is 1. The molecule has 1 fully saturated rings. The van der Waals surface area contributed by atoms with Crippen LogP contribution in [0.1, 0.15) is 22.7 Å². The van der Waals surface area contributed by atoms with Crippen molar-refractivity contribution in [1.82, 2.24) is 10.2 Å². The van der Waals surface area contributed by atoms with Crippen LogP contribution in [-0.2, 0) is 9.53 Å². The number of carbonyl (C=O) groups excluding carboxylic acids is 1. The third-order valence-electron chi connectivity index (χ3n) is 4.64. The number of benzene rings is 2. The summed E-state index contributed by atoms with van der Waals surface area (Å²) in [4.78, 5) is 14.8. The van der Waals surface area contributed by atoms with Crippen molar-refractivity contribution >= 4 is 23.6 Å². The van der Waals surface area contributed by atoms with Gasteiger partial charge < -0.3 is 10.1 Å². The molecular formula is C22H25ClN2O2. The minimum Gasteiger partial charge on any atom is -0.379 e. The molecule has 1 aliphatic heterocycles. The fourth-order valence-corrected chi connectivity index (χ4v) is 3.17. The van der Waals surface area contributed by atoms with Gasteiger partial charge in [-0.25, -0.2) is 0 Å². The molecule has 1 unspecified atom stereocenters. The predicted molar refractivity (Wildman–Crippen MR) is 110 cm³/mol. The molecule has 1 amide bonds. The van der Waals surface area contributed by atoms with Crippen molar-refractivity contribution in [2.45, 2.75) is 13.0 Å². The van der Waals surface area contributed by atoms with Gasteiger partial charge in [-0.2, -0.15) is 0 Å². The number of hydrogen-bond acceptors (Lipinski definition) is 3. The first-order valence-electron chi connectivity index (χ1n) is 9.21. The third kappa shape index (κ3) is 6.21. The summed E-state index contributed by atoms with van der Waals surface area (Å²) < 4.78 is 5.43. The molecule has 27 heavy (non-hydrogen) atoms. The number of halogens is 1. The molecule has 1 aliphatic rings. The second kappa shape index (κ2) is 9.70. The molecule has 1 N–H and O–H groups in total. The number of amides is 1. The summed E-state index contributed by atoms with van der Waals surface area (Å²) in [5.41, 5.74) is 3.26. The highest BCUT2D eigenvalue weighted by molar-refractivity contribution is 6.30. The molecule has 0 aromatic heterocycles. The van der Waals surface area contributed by atoms with Crippen LogP contribution in [0.15, 0.2) is 54.6 Å². The average Bonchev–Trinajstić information content (AvgIpc) is 2.68. The lowest BCUT2D eigenvalue weighted by Gasteiger charge is -2.31. The molecule has 0 radical (unpaired) electrons. The van der Waals surface area contributed by atoms with Gasteiger partial charge in [-0.1, -0.05) is 53.6 Å². The quantitative estimate of drug-likeness (QED) is 0.769. The van der Waals surface area contributed by atoms with E-state index in [0.29, 0.717) is 5.02 Å². The number of nitrogens with one attached hydrogen (secondary N) is 1. The Morgan fingerprint density at radius 1 is 1.15 bits per heavy atom. The number of hydrogen-bond donors (Lipinski definition) is 1. The number of ether oxygens (including phenoxy) is 1. The van der Waals surface area contributed by atoms with Gasteiger partial charge in [0.15, 0.2) is 0 Å². The topological polar surface area (TPSA) is 41.6 Å². The maximum Gasteiger partial charge on any atom is 0.244 e. The molecule has 5 heteroatoms. The molecule has 0 bridgehead atoms. The molecule has 142 valence electrons. The number of nitrogens with zero attached hydrogens (tertiary/aromatic N) is 1. The molecule has 2 aromatic carbocycles. The summed E-state index contributed by atoms with van der Waals surface area (Å²) in [6.45, 7) is 6.09. The van der Waals surface area contributed by atoms with E-state index < -0.39 is 0 Å². The Balaban J connectivity index is 1.68. The van der Waals surface area contributed by atoms with E-state index in [0.717, 1.165) is 44.0 Å². The zero-order valence-electron chi connectivity index (χ0n) is 15.5. The van der Waals surface area contributed by atoms with Gasteiger partial charge in [0.2, 0.25) is 5.91 Å². The summed E-state index contributed by atoms with van der Waals surface area (Å²) in [7, 11) is 0. The van der Waals surface area contributed by atoms with Gasteiger partial charge in [0.1, 0.15) is 0 Å². The second-order valence-electron chi connectivity index (χ2n) is 6.77. The third-order valence-corrected chi connectivity index (χ3v) is 4.89. The number of rotatable bonds is 6. The first-order valence-corrected chi connectivity index (χ1v) is 9.59. The molecule has 2 aromatic rings. The molecule has 0 spiro atoms. The van der Waals surface area contributed by atoms with E-state index in [1.807, 2.05) is 24.3 Å². The van der Waals surface area contributed by atoms with Crippen LogP contribution in [-0.4, -0.2) is 43.7 Å². The molecule has 1 heterocycles. The standard InChI is InChI=1S/C22H25ClN2O2/c1-17-2-7-19(8-3-17)21(16-25-12-14-27-15-13-25)24-22(26)11-6-18-4-9-20(23)10-5-18/h2-11,21H,12-16H2,1H3,(H,24,26)/b11-6+. The van der Waals surface area contributed by atoms with Crippen LogP contribution in [0.5, 0.6) is 0 Å². The summed E-state index contributed by atoms with van der Waals surface area (Å²) in [5, 5.41) is 3.83. The summed E-state index contributed by atoms with van der Waals surface area (Å²) >= 11 is 5.90. The summed E-state index contributed by atoms with van der Waals surface area (Å²) in [6, 6.07) is 15.7. The lowest BCUT2D eigenvalue weighted by atomic mass is 10.0. The van der Waals surface area contributed by atoms with Gasteiger partial charge in [0.05, 0.1) is 19.3 Å². The maximum absolute atomic E-state index is 12.5. The van der Waals surface area contributed by atoms with Gasteiger partial charge in [-0.05, 0) is 36.3 Å². The zero-order valence-corrected chi connectivity index (χ0v) is 16.3. The Hall–Kier alpha value is -2.14. The summed E-state index contributed by atoms with van der Waals surface area (Å²) in [6.07, 6.45) is 3.37. The van der Waals surface area contributed by atoms with Crippen molar-refractivity contribution < 1.29 is 9.53 Å². The SMILES string of the molecule is Cc1ccc(C(CN2CCOCC2)NC(=O)/C=C/c2ccc(Cl)cc2)cc1. The number of aryl methyl sites for hydroxylation is 1. The van der Waals surface area contributed by atoms with Crippen molar-refractivity contribution in [2.24, 2.45) is 0 Å². The molecule has 4 nitrogen and oxygen atoms in total. The van der Waals surface area contributed by atoms with E-state index in [-0.39, 0.29) is 11.9 Å². The smallest absolute Gasteiger partial charge is 0.244 e. The normalized spacial score (nSPS) is 16.4. The van der Waals surface area contributed by atoms with E-state index in [4.69, 9.17) is 16.3 Å². The molecular weight excluding hydrogens is 360 g/mol. The van der Waals surface area contributed by atoms with Crippen LogP contribution in [0, 0.1) is 6.92 Å². The van der Waals surface area contributed by atoms with Crippen molar-refractivity contribution in [3.8, 4) is 0 Å². The molecule has 1 atom stereocenters. The fourth-order valence-electron chi connectivity index (χ4n) is 3.04. The van der Waals surface area contributed by atoms with E-state index in [2.05, 4.69) is 41.4 Å². The maximum atomic E-state index is 12.5. The Morgan fingerprint density at radius 3 is 2.48 bits per heavy atom. The van der Waals surface area contributed by atoms with Crippen molar-refractivity contribution in [2.75, 3.05) is 32.8 Å². The van der Waals surface area contributed by atoms with Crippen molar-refractivity contribution in [3.63, 3.8) is 0 Å². The van der Waals surface area contributed by atoms with Crippen molar-refractivity contribution in [3.05, 3.63) is 76.3 Å². The lowest BCUT2D eigenvalue weighted by Crippen LogP contribution is -2.42. The second-order valence-corrected chi connectivity index (χ2v) is 7.21. The van der Waals surface area contributed by atoms with Crippen LogP contribution in [0.3, 0.4) is 0 Å². The highest BCUT2D eigenvalue weighted by Crippen LogP contribution is 2.17. The Labute approximate surface area is 165 Å². The largest absolute Gasteiger partial charge is 0.379 e. The fraction of sp³-hybridized carbons (Fsp3) is 0.318. The van der Waals surface area contributed by atoms with Gasteiger partial charge >= 0.3 is 0 Å². The minimum atomic E-state index is -0.108. The van der Waals surface area contributed by atoms with Gasteiger partial charge in [0, 0.05) is 30.7 Å². The van der Waals surface area contributed by atoms with E-state index in [1.165, 1.54) is 5.56 Å². The first kappa shape index (κ1) is 19.6. The predicted octanol–water partition coefficient (Wildman–Crippen LogP) is 3.85. The highest BCUT2D eigenvalue weighted by atomic mass is 35.5. The number of morpholine rings is 1. The zero-order chi connectivity index (χ0) is 19.1. The van der Waals surface area contributed by atoms with Gasteiger partial charge in [-0.3, -0.25) is 9.69 Å².